The van der Waals surface area contributed by atoms with E-state index in [4.69, 9.17) is 0 Å². The zero-order chi connectivity index (χ0) is 15.5. The van der Waals surface area contributed by atoms with Crippen LogP contribution in [-0.2, 0) is 9.84 Å². The molecule has 0 aromatic heterocycles. The Hall–Kier alpha value is -0.0900. The maximum absolute atomic E-state index is 12.7. The fourth-order valence-corrected chi connectivity index (χ4v) is 7.10. The fraction of sp³-hybridized carbons (Fsp3) is 1.00. The summed E-state index contributed by atoms with van der Waals surface area (Å²) in [6.45, 7) is 5.48. The molecule has 0 saturated heterocycles. The minimum Gasteiger partial charge on any atom is -0.315 e. The van der Waals surface area contributed by atoms with E-state index in [-0.39, 0.29) is 11.5 Å². The summed E-state index contributed by atoms with van der Waals surface area (Å²) in [5, 5.41) is 3.41. The smallest absolute Gasteiger partial charge is 0.156 e. The molecule has 0 aliphatic heterocycles. The lowest BCUT2D eigenvalue weighted by Gasteiger charge is -2.59. The highest BCUT2D eigenvalue weighted by molar-refractivity contribution is 7.92. The van der Waals surface area contributed by atoms with E-state index in [1.165, 1.54) is 38.5 Å². The van der Waals surface area contributed by atoms with Crippen molar-refractivity contribution < 1.29 is 8.42 Å². The van der Waals surface area contributed by atoms with Crippen molar-refractivity contribution in [2.24, 2.45) is 23.2 Å². The Kier molecular flexibility index (Phi) is 3.73. The molecule has 0 heterocycles. The summed E-state index contributed by atoms with van der Waals surface area (Å²) in [5.41, 5.74) is 0.252. The molecule has 4 saturated carbocycles. The van der Waals surface area contributed by atoms with Gasteiger partial charge in [-0.2, -0.15) is 0 Å². The molecule has 0 radical (unpaired) electrons. The van der Waals surface area contributed by atoms with E-state index in [0.717, 1.165) is 17.8 Å². The number of sulfone groups is 1. The van der Waals surface area contributed by atoms with Crippen LogP contribution in [0.15, 0.2) is 0 Å². The van der Waals surface area contributed by atoms with Gasteiger partial charge in [-0.15, -0.1) is 0 Å². The Balaban J connectivity index is 1.84. The summed E-state index contributed by atoms with van der Waals surface area (Å²) in [6.07, 6.45) is 7.98. The molecule has 4 fully saturated rings. The molecule has 122 valence electrons. The molecule has 3 nitrogen and oxygen atoms in total. The Labute approximate surface area is 130 Å². The molecule has 0 aromatic carbocycles. The largest absolute Gasteiger partial charge is 0.315 e. The molecule has 4 heteroatoms. The van der Waals surface area contributed by atoms with Gasteiger partial charge in [-0.05, 0) is 89.5 Å². The highest BCUT2D eigenvalue weighted by atomic mass is 32.2. The standard InChI is InChI=1S/C17H31NO2S/c1-16(2,3)21(19,20)11-15(18-4)17-8-12-5-13(9-17)7-14(6-12)10-17/h12-15,18H,5-11H2,1-4H3. The number of rotatable bonds is 4. The SMILES string of the molecule is CNC(CS(=O)(=O)C(C)(C)C)C12CC3CC(CC(C3)C1)C2. The predicted molar refractivity (Wildman–Crippen MR) is 87.0 cm³/mol. The van der Waals surface area contributed by atoms with Gasteiger partial charge in [0.25, 0.3) is 0 Å². The Bertz CT molecular complexity index is 468. The third-order valence-electron chi connectivity index (χ3n) is 6.49. The van der Waals surface area contributed by atoms with Crippen LogP contribution >= 0.6 is 0 Å². The summed E-state index contributed by atoms with van der Waals surface area (Å²) in [5.74, 6) is 2.90. The van der Waals surface area contributed by atoms with Crippen molar-refractivity contribution in [2.45, 2.75) is 70.1 Å². The lowest BCUT2D eigenvalue weighted by molar-refractivity contribution is -0.0685. The van der Waals surface area contributed by atoms with E-state index in [9.17, 15) is 8.42 Å². The molecular weight excluding hydrogens is 282 g/mol. The van der Waals surface area contributed by atoms with Gasteiger partial charge in [0.1, 0.15) is 0 Å². The second-order valence-electron chi connectivity index (χ2n) is 9.01. The first-order chi connectivity index (χ1) is 9.65. The fourth-order valence-electron chi connectivity index (χ4n) is 5.64. The van der Waals surface area contributed by atoms with Crippen molar-refractivity contribution in [3.05, 3.63) is 0 Å². The molecular formula is C17H31NO2S. The van der Waals surface area contributed by atoms with Gasteiger partial charge in [0.15, 0.2) is 9.84 Å². The van der Waals surface area contributed by atoms with Crippen LogP contribution < -0.4 is 5.32 Å². The van der Waals surface area contributed by atoms with Gasteiger partial charge in [0.05, 0.1) is 10.5 Å². The molecule has 4 rings (SSSR count). The average molecular weight is 314 g/mol. The van der Waals surface area contributed by atoms with Gasteiger partial charge in [-0.3, -0.25) is 0 Å². The molecule has 4 aliphatic carbocycles. The second kappa shape index (κ2) is 4.95. The first-order valence-electron chi connectivity index (χ1n) is 8.55. The van der Waals surface area contributed by atoms with Crippen molar-refractivity contribution in [3.63, 3.8) is 0 Å². The molecule has 4 aliphatic rings. The zero-order valence-electron chi connectivity index (χ0n) is 14.0. The predicted octanol–water partition coefficient (Wildman–Crippen LogP) is 3.00. The first kappa shape index (κ1) is 15.8. The maximum atomic E-state index is 12.7. The van der Waals surface area contributed by atoms with Gasteiger partial charge in [-0.25, -0.2) is 8.42 Å². The van der Waals surface area contributed by atoms with Crippen molar-refractivity contribution in [1.82, 2.24) is 5.32 Å². The highest BCUT2D eigenvalue weighted by Crippen LogP contribution is 2.61. The quantitative estimate of drug-likeness (QED) is 0.868. The lowest BCUT2D eigenvalue weighted by atomic mass is 9.48. The third-order valence-corrected chi connectivity index (χ3v) is 9.13. The van der Waals surface area contributed by atoms with Crippen molar-refractivity contribution >= 4 is 9.84 Å². The summed E-state index contributed by atoms with van der Waals surface area (Å²) in [6, 6.07) is 0.134. The Morgan fingerprint density at radius 2 is 1.48 bits per heavy atom. The van der Waals surface area contributed by atoms with E-state index in [0.29, 0.717) is 5.75 Å². The second-order valence-corrected chi connectivity index (χ2v) is 11.8. The Morgan fingerprint density at radius 3 is 1.81 bits per heavy atom. The van der Waals surface area contributed by atoms with Crippen LogP contribution in [0.5, 0.6) is 0 Å². The Morgan fingerprint density at radius 1 is 1.05 bits per heavy atom. The summed E-state index contributed by atoms with van der Waals surface area (Å²) in [7, 11) is -1.11. The van der Waals surface area contributed by atoms with E-state index in [1.807, 2.05) is 27.8 Å². The third kappa shape index (κ3) is 2.67. The van der Waals surface area contributed by atoms with Crippen LogP contribution in [0.2, 0.25) is 0 Å². The molecule has 0 spiro atoms. The molecule has 0 aromatic rings. The van der Waals surface area contributed by atoms with Crippen LogP contribution in [0.3, 0.4) is 0 Å². The number of hydrogen-bond donors (Lipinski definition) is 1. The van der Waals surface area contributed by atoms with Crippen LogP contribution in [-0.4, -0.2) is 32.0 Å². The molecule has 4 bridgehead atoms. The van der Waals surface area contributed by atoms with Gasteiger partial charge in [0.2, 0.25) is 0 Å². The number of nitrogens with one attached hydrogen (secondary N) is 1. The van der Waals surface area contributed by atoms with E-state index >= 15 is 0 Å². The summed E-state index contributed by atoms with van der Waals surface area (Å²) in [4.78, 5) is 0. The molecule has 0 amide bonds. The molecule has 1 atom stereocenters. The summed E-state index contributed by atoms with van der Waals surface area (Å²) >= 11 is 0. The van der Waals surface area contributed by atoms with Gasteiger partial charge >= 0.3 is 0 Å². The van der Waals surface area contributed by atoms with Gasteiger partial charge < -0.3 is 5.32 Å². The molecule has 1 N–H and O–H groups in total. The van der Waals surface area contributed by atoms with Crippen LogP contribution in [0.25, 0.3) is 0 Å². The minimum atomic E-state index is -3.07. The normalized spacial score (nSPS) is 40.5. The molecule has 1 unspecified atom stereocenters. The van der Waals surface area contributed by atoms with E-state index < -0.39 is 14.6 Å². The summed E-state index contributed by atoms with van der Waals surface area (Å²) < 4.78 is 24.7. The van der Waals surface area contributed by atoms with Crippen LogP contribution in [0.4, 0.5) is 0 Å². The van der Waals surface area contributed by atoms with Crippen LogP contribution in [0, 0.1) is 23.2 Å². The van der Waals surface area contributed by atoms with Crippen LogP contribution in [0.1, 0.15) is 59.3 Å². The lowest BCUT2D eigenvalue weighted by Crippen LogP contribution is -2.58. The molecule has 21 heavy (non-hydrogen) atoms. The maximum Gasteiger partial charge on any atom is 0.156 e. The van der Waals surface area contributed by atoms with Crippen molar-refractivity contribution in [1.29, 1.82) is 0 Å². The van der Waals surface area contributed by atoms with Gasteiger partial charge in [-0.1, -0.05) is 0 Å². The number of hydrogen-bond acceptors (Lipinski definition) is 3. The highest BCUT2D eigenvalue weighted by Gasteiger charge is 2.54. The average Bonchev–Trinajstić information content (AvgIpc) is 2.32. The topological polar surface area (TPSA) is 46.2 Å². The first-order valence-corrected chi connectivity index (χ1v) is 10.2. The monoisotopic (exact) mass is 313 g/mol. The zero-order valence-corrected chi connectivity index (χ0v) is 14.8. The minimum absolute atomic E-state index is 0.134. The van der Waals surface area contributed by atoms with Gasteiger partial charge in [0, 0.05) is 6.04 Å². The van der Waals surface area contributed by atoms with E-state index in [1.54, 1.807) is 0 Å². The van der Waals surface area contributed by atoms with E-state index in [2.05, 4.69) is 5.32 Å². The van der Waals surface area contributed by atoms with Crippen molar-refractivity contribution in [2.75, 3.05) is 12.8 Å². The van der Waals surface area contributed by atoms with Crippen molar-refractivity contribution in [3.8, 4) is 0 Å².